The SMILES string of the molecule is Cc1cccc(Nc2cc(NN)nc(C(C)(C)C)n2)c1. The summed E-state index contributed by atoms with van der Waals surface area (Å²) in [6.07, 6.45) is 0. The highest BCUT2D eigenvalue weighted by atomic mass is 15.3. The van der Waals surface area contributed by atoms with E-state index in [2.05, 4.69) is 60.5 Å². The molecule has 0 bridgehead atoms. The molecular weight excluding hydrogens is 250 g/mol. The Morgan fingerprint density at radius 2 is 1.75 bits per heavy atom. The molecule has 0 unspecified atom stereocenters. The third-order valence-electron chi connectivity index (χ3n) is 2.84. The maximum absolute atomic E-state index is 5.48. The number of anilines is 3. The molecule has 0 aliphatic heterocycles. The lowest BCUT2D eigenvalue weighted by atomic mass is 9.96. The van der Waals surface area contributed by atoms with Crippen molar-refractivity contribution in [2.24, 2.45) is 5.84 Å². The Hall–Kier alpha value is -2.14. The molecule has 0 aliphatic carbocycles. The predicted molar refractivity (Wildman–Crippen MR) is 83.0 cm³/mol. The van der Waals surface area contributed by atoms with Gasteiger partial charge in [-0.25, -0.2) is 15.8 Å². The summed E-state index contributed by atoms with van der Waals surface area (Å²) in [6, 6.07) is 9.91. The fourth-order valence-corrected chi connectivity index (χ4v) is 1.79. The van der Waals surface area contributed by atoms with Gasteiger partial charge in [-0.15, -0.1) is 0 Å². The Kier molecular flexibility index (Phi) is 3.90. The largest absolute Gasteiger partial charge is 0.340 e. The number of aryl methyl sites for hydroxylation is 1. The van der Waals surface area contributed by atoms with Gasteiger partial charge in [0.2, 0.25) is 0 Å². The van der Waals surface area contributed by atoms with Crippen LogP contribution in [0.15, 0.2) is 30.3 Å². The van der Waals surface area contributed by atoms with Gasteiger partial charge in [0.25, 0.3) is 0 Å². The average Bonchev–Trinajstić information content (AvgIpc) is 2.37. The van der Waals surface area contributed by atoms with Gasteiger partial charge in [0.05, 0.1) is 0 Å². The van der Waals surface area contributed by atoms with Gasteiger partial charge in [-0.05, 0) is 24.6 Å². The monoisotopic (exact) mass is 271 g/mol. The van der Waals surface area contributed by atoms with Gasteiger partial charge in [-0.2, -0.15) is 0 Å². The first-order valence-electron chi connectivity index (χ1n) is 6.58. The minimum Gasteiger partial charge on any atom is -0.340 e. The lowest BCUT2D eigenvalue weighted by molar-refractivity contribution is 0.547. The highest BCUT2D eigenvalue weighted by Crippen LogP contribution is 2.24. The number of hydrogen-bond donors (Lipinski definition) is 3. The summed E-state index contributed by atoms with van der Waals surface area (Å²) in [4.78, 5) is 8.95. The van der Waals surface area contributed by atoms with Crippen LogP contribution in [0.4, 0.5) is 17.3 Å². The minimum atomic E-state index is -0.143. The first-order chi connectivity index (χ1) is 9.38. The van der Waals surface area contributed by atoms with E-state index in [0.29, 0.717) is 5.82 Å². The molecule has 0 spiro atoms. The predicted octanol–water partition coefficient (Wildman–Crippen LogP) is 3.11. The summed E-state index contributed by atoms with van der Waals surface area (Å²) in [5.41, 5.74) is 4.63. The van der Waals surface area contributed by atoms with Crippen LogP contribution in [0.5, 0.6) is 0 Å². The number of nitrogens with two attached hydrogens (primary N) is 1. The van der Waals surface area contributed by atoms with Crippen molar-refractivity contribution in [2.45, 2.75) is 33.1 Å². The maximum atomic E-state index is 5.48. The summed E-state index contributed by atoms with van der Waals surface area (Å²) >= 11 is 0. The molecular formula is C15H21N5. The number of hydrogen-bond acceptors (Lipinski definition) is 5. The molecule has 0 saturated heterocycles. The summed E-state index contributed by atoms with van der Waals surface area (Å²) < 4.78 is 0. The van der Waals surface area contributed by atoms with E-state index < -0.39 is 0 Å². The van der Waals surface area contributed by atoms with E-state index in [-0.39, 0.29) is 5.41 Å². The van der Waals surface area contributed by atoms with E-state index in [9.17, 15) is 0 Å². The number of benzene rings is 1. The van der Waals surface area contributed by atoms with Crippen molar-refractivity contribution in [1.82, 2.24) is 9.97 Å². The lowest BCUT2D eigenvalue weighted by Gasteiger charge is -2.18. The van der Waals surface area contributed by atoms with E-state index >= 15 is 0 Å². The Morgan fingerprint density at radius 1 is 1.05 bits per heavy atom. The van der Waals surface area contributed by atoms with Crippen molar-refractivity contribution < 1.29 is 0 Å². The summed E-state index contributed by atoms with van der Waals surface area (Å²) in [6.45, 7) is 8.26. The Morgan fingerprint density at radius 3 is 2.35 bits per heavy atom. The van der Waals surface area contributed by atoms with E-state index in [1.807, 2.05) is 12.1 Å². The fourth-order valence-electron chi connectivity index (χ4n) is 1.79. The van der Waals surface area contributed by atoms with Gasteiger partial charge < -0.3 is 10.7 Å². The van der Waals surface area contributed by atoms with Crippen LogP contribution < -0.4 is 16.6 Å². The van der Waals surface area contributed by atoms with Gasteiger partial charge in [-0.3, -0.25) is 0 Å². The standard InChI is InChI=1S/C15H21N5/c1-10-6-5-7-11(8-10)17-12-9-13(20-16)19-14(18-12)15(2,3)4/h5-9H,16H2,1-4H3,(H2,17,18,19,20). The maximum Gasteiger partial charge on any atom is 0.145 e. The van der Waals surface area contributed by atoms with Crippen molar-refractivity contribution in [3.05, 3.63) is 41.7 Å². The first-order valence-corrected chi connectivity index (χ1v) is 6.58. The normalized spacial score (nSPS) is 11.2. The topological polar surface area (TPSA) is 75.9 Å². The zero-order valence-corrected chi connectivity index (χ0v) is 12.4. The zero-order chi connectivity index (χ0) is 14.8. The molecule has 0 amide bonds. The molecule has 2 rings (SSSR count). The van der Waals surface area contributed by atoms with Crippen LogP contribution in [0.25, 0.3) is 0 Å². The molecule has 0 saturated carbocycles. The molecule has 4 N–H and O–H groups in total. The lowest BCUT2D eigenvalue weighted by Crippen LogP contribution is -2.19. The third-order valence-corrected chi connectivity index (χ3v) is 2.84. The van der Waals surface area contributed by atoms with Gasteiger partial charge in [0, 0.05) is 17.2 Å². The van der Waals surface area contributed by atoms with Crippen molar-refractivity contribution in [1.29, 1.82) is 0 Å². The van der Waals surface area contributed by atoms with Crippen molar-refractivity contribution >= 4 is 17.3 Å². The second-order valence-electron chi connectivity index (χ2n) is 5.85. The molecule has 5 heteroatoms. The first kappa shape index (κ1) is 14.3. The van der Waals surface area contributed by atoms with Crippen LogP contribution in [-0.4, -0.2) is 9.97 Å². The van der Waals surface area contributed by atoms with Crippen molar-refractivity contribution in [3.63, 3.8) is 0 Å². The highest BCUT2D eigenvalue weighted by Gasteiger charge is 2.19. The van der Waals surface area contributed by atoms with Gasteiger partial charge >= 0.3 is 0 Å². The molecule has 0 fully saturated rings. The zero-order valence-electron chi connectivity index (χ0n) is 12.4. The molecule has 0 radical (unpaired) electrons. The molecule has 0 aliphatic rings. The van der Waals surface area contributed by atoms with Gasteiger partial charge in [0.15, 0.2) is 0 Å². The van der Waals surface area contributed by atoms with Crippen molar-refractivity contribution in [2.75, 3.05) is 10.7 Å². The molecule has 5 nitrogen and oxygen atoms in total. The number of nitrogens with one attached hydrogen (secondary N) is 2. The summed E-state index contributed by atoms with van der Waals surface area (Å²) in [5, 5.41) is 3.29. The molecule has 0 atom stereocenters. The van der Waals surface area contributed by atoms with Crippen molar-refractivity contribution in [3.8, 4) is 0 Å². The molecule has 1 heterocycles. The Labute approximate surface area is 119 Å². The highest BCUT2D eigenvalue weighted by molar-refractivity contribution is 5.59. The molecule has 106 valence electrons. The minimum absolute atomic E-state index is 0.143. The second-order valence-corrected chi connectivity index (χ2v) is 5.85. The number of nitrogen functional groups attached to an aromatic ring is 1. The second kappa shape index (κ2) is 5.46. The van der Waals surface area contributed by atoms with Crippen LogP contribution >= 0.6 is 0 Å². The molecule has 20 heavy (non-hydrogen) atoms. The number of aromatic nitrogens is 2. The van der Waals surface area contributed by atoms with E-state index in [4.69, 9.17) is 5.84 Å². The van der Waals surface area contributed by atoms with Crippen LogP contribution in [0, 0.1) is 6.92 Å². The molecule has 2 aromatic rings. The van der Waals surface area contributed by atoms with E-state index in [1.54, 1.807) is 6.07 Å². The Balaban J connectivity index is 2.36. The van der Waals surface area contributed by atoms with Gasteiger partial charge in [-0.1, -0.05) is 32.9 Å². The molecule has 1 aromatic carbocycles. The van der Waals surface area contributed by atoms with Crippen LogP contribution in [0.1, 0.15) is 32.2 Å². The van der Waals surface area contributed by atoms with E-state index in [1.165, 1.54) is 5.56 Å². The smallest absolute Gasteiger partial charge is 0.145 e. The fraction of sp³-hybridized carbons (Fsp3) is 0.333. The summed E-state index contributed by atoms with van der Waals surface area (Å²) in [7, 11) is 0. The van der Waals surface area contributed by atoms with Gasteiger partial charge in [0.1, 0.15) is 17.5 Å². The van der Waals surface area contributed by atoms with Crippen LogP contribution in [-0.2, 0) is 5.41 Å². The number of hydrazine groups is 1. The van der Waals surface area contributed by atoms with Crippen LogP contribution in [0.2, 0.25) is 0 Å². The average molecular weight is 271 g/mol. The number of rotatable bonds is 3. The third kappa shape index (κ3) is 3.45. The quantitative estimate of drug-likeness (QED) is 0.590. The molecule has 1 aromatic heterocycles. The van der Waals surface area contributed by atoms with Crippen LogP contribution in [0.3, 0.4) is 0 Å². The Bertz CT molecular complexity index is 601. The summed E-state index contributed by atoms with van der Waals surface area (Å²) in [5.74, 6) is 7.54. The van der Waals surface area contributed by atoms with E-state index in [0.717, 1.165) is 17.3 Å². The number of nitrogens with zero attached hydrogens (tertiary/aromatic N) is 2.